The summed E-state index contributed by atoms with van der Waals surface area (Å²) in [6, 6.07) is 5.46. The van der Waals surface area contributed by atoms with Crippen LogP contribution in [-0.4, -0.2) is 31.0 Å². The molecule has 2 aromatic rings. The monoisotopic (exact) mass is 329 g/mol. The number of carbonyl (C=O) groups excluding carboxylic acids is 1. The number of hydrogen-bond acceptors (Lipinski definition) is 4. The average molecular weight is 329 g/mol. The second kappa shape index (κ2) is 6.67. The molecule has 1 amide bonds. The van der Waals surface area contributed by atoms with Crippen LogP contribution < -0.4 is 10.4 Å². The van der Waals surface area contributed by atoms with Crippen LogP contribution in [0, 0.1) is 12.8 Å². The third-order valence-electron chi connectivity index (χ3n) is 4.61. The molecule has 0 radical (unpaired) electrons. The third kappa shape index (κ3) is 3.16. The SMILES string of the molecule is CCCc1cc(=O)oc2c(C)c(OCC3CC(=O)N(C)C3)ccc12. The number of benzene rings is 1. The Kier molecular flexibility index (Phi) is 4.60. The fraction of sp³-hybridized carbons (Fsp3) is 0.474. The quantitative estimate of drug-likeness (QED) is 0.792. The standard InChI is InChI=1S/C19H23NO4/c1-4-5-14-9-18(22)24-19-12(2)16(7-6-15(14)19)23-11-13-8-17(21)20(3)10-13/h6-7,9,13H,4-5,8,10-11H2,1-3H3. The Morgan fingerprint density at radius 1 is 1.33 bits per heavy atom. The second-order valence-electron chi connectivity index (χ2n) is 6.56. The minimum absolute atomic E-state index is 0.161. The van der Waals surface area contributed by atoms with Crippen LogP contribution in [0.3, 0.4) is 0 Å². The molecule has 5 heteroatoms. The molecule has 1 unspecified atom stereocenters. The van der Waals surface area contributed by atoms with Gasteiger partial charge in [0.15, 0.2) is 0 Å². The molecule has 0 aliphatic carbocycles. The van der Waals surface area contributed by atoms with Gasteiger partial charge in [0, 0.05) is 42.9 Å². The summed E-state index contributed by atoms with van der Waals surface area (Å²) >= 11 is 0. The van der Waals surface area contributed by atoms with Gasteiger partial charge in [-0.25, -0.2) is 4.79 Å². The molecule has 1 atom stereocenters. The number of carbonyl (C=O) groups is 1. The van der Waals surface area contributed by atoms with Gasteiger partial charge in [0.1, 0.15) is 11.3 Å². The number of likely N-dealkylation sites (tertiary alicyclic amines) is 1. The minimum atomic E-state index is -0.325. The summed E-state index contributed by atoms with van der Waals surface area (Å²) in [7, 11) is 1.81. The molecule has 24 heavy (non-hydrogen) atoms. The molecule has 5 nitrogen and oxygen atoms in total. The van der Waals surface area contributed by atoms with E-state index in [2.05, 4.69) is 6.92 Å². The van der Waals surface area contributed by atoms with Crippen molar-refractivity contribution < 1.29 is 13.9 Å². The number of hydrogen-bond donors (Lipinski definition) is 0. The highest BCUT2D eigenvalue weighted by atomic mass is 16.5. The van der Waals surface area contributed by atoms with E-state index in [0.717, 1.165) is 35.9 Å². The Morgan fingerprint density at radius 3 is 2.79 bits per heavy atom. The number of aryl methyl sites for hydroxylation is 2. The van der Waals surface area contributed by atoms with Crippen LogP contribution >= 0.6 is 0 Å². The van der Waals surface area contributed by atoms with E-state index in [1.54, 1.807) is 11.0 Å². The topological polar surface area (TPSA) is 59.8 Å². The van der Waals surface area contributed by atoms with Crippen molar-refractivity contribution in [3.8, 4) is 5.75 Å². The molecule has 128 valence electrons. The zero-order valence-corrected chi connectivity index (χ0v) is 14.4. The summed E-state index contributed by atoms with van der Waals surface area (Å²) < 4.78 is 11.4. The maximum Gasteiger partial charge on any atom is 0.336 e. The first-order valence-corrected chi connectivity index (χ1v) is 8.42. The molecule has 1 saturated heterocycles. The van der Waals surface area contributed by atoms with Crippen LogP contribution in [0.1, 0.15) is 30.9 Å². The van der Waals surface area contributed by atoms with Gasteiger partial charge >= 0.3 is 5.63 Å². The average Bonchev–Trinajstić information content (AvgIpc) is 2.86. The summed E-state index contributed by atoms with van der Waals surface area (Å²) in [5.41, 5.74) is 2.12. The van der Waals surface area contributed by atoms with Crippen LogP contribution in [0.15, 0.2) is 27.4 Å². The van der Waals surface area contributed by atoms with E-state index in [9.17, 15) is 9.59 Å². The zero-order valence-electron chi connectivity index (χ0n) is 14.4. The van der Waals surface area contributed by atoms with E-state index in [1.165, 1.54) is 0 Å². The van der Waals surface area contributed by atoms with Gasteiger partial charge in [0.2, 0.25) is 5.91 Å². The Hall–Kier alpha value is -2.30. The van der Waals surface area contributed by atoms with Crippen molar-refractivity contribution in [2.24, 2.45) is 5.92 Å². The van der Waals surface area contributed by atoms with Gasteiger partial charge in [-0.05, 0) is 31.0 Å². The molecule has 2 heterocycles. The Morgan fingerprint density at radius 2 is 2.12 bits per heavy atom. The summed E-state index contributed by atoms with van der Waals surface area (Å²) in [6.45, 7) is 5.20. The van der Waals surface area contributed by atoms with Crippen molar-refractivity contribution >= 4 is 16.9 Å². The molecule has 3 rings (SSSR count). The number of nitrogens with zero attached hydrogens (tertiary/aromatic N) is 1. The number of ether oxygens (including phenoxy) is 1. The van der Waals surface area contributed by atoms with Crippen LogP contribution in [0.25, 0.3) is 11.0 Å². The van der Waals surface area contributed by atoms with E-state index in [0.29, 0.717) is 24.4 Å². The molecule has 0 N–H and O–H groups in total. The predicted octanol–water partition coefficient (Wildman–Crippen LogP) is 2.91. The number of rotatable bonds is 5. The smallest absolute Gasteiger partial charge is 0.336 e. The van der Waals surface area contributed by atoms with Crippen molar-refractivity contribution in [3.05, 3.63) is 39.7 Å². The van der Waals surface area contributed by atoms with Crippen molar-refractivity contribution in [2.75, 3.05) is 20.2 Å². The molecule has 1 aliphatic heterocycles. The number of fused-ring (bicyclic) bond motifs is 1. The summed E-state index contributed by atoms with van der Waals surface area (Å²) in [4.78, 5) is 25.2. The fourth-order valence-electron chi connectivity index (χ4n) is 3.32. The first-order valence-electron chi connectivity index (χ1n) is 8.42. The lowest BCUT2D eigenvalue weighted by atomic mass is 10.0. The van der Waals surface area contributed by atoms with Crippen LogP contribution in [0.2, 0.25) is 0 Å². The zero-order chi connectivity index (χ0) is 17.3. The van der Waals surface area contributed by atoms with E-state index in [4.69, 9.17) is 9.15 Å². The van der Waals surface area contributed by atoms with Gasteiger partial charge in [-0.1, -0.05) is 13.3 Å². The molecule has 0 bridgehead atoms. The summed E-state index contributed by atoms with van der Waals surface area (Å²) in [6.07, 6.45) is 2.34. The summed E-state index contributed by atoms with van der Waals surface area (Å²) in [5.74, 6) is 1.08. The highest BCUT2D eigenvalue weighted by Gasteiger charge is 2.27. The van der Waals surface area contributed by atoms with Crippen LogP contribution in [0.4, 0.5) is 0 Å². The first-order chi connectivity index (χ1) is 11.5. The highest BCUT2D eigenvalue weighted by molar-refractivity contribution is 5.85. The lowest BCUT2D eigenvalue weighted by molar-refractivity contribution is -0.126. The molecular formula is C19H23NO4. The van der Waals surface area contributed by atoms with Crippen molar-refractivity contribution in [1.29, 1.82) is 0 Å². The van der Waals surface area contributed by atoms with E-state index in [1.807, 2.05) is 26.1 Å². The molecule has 1 aromatic carbocycles. The van der Waals surface area contributed by atoms with E-state index >= 15 is 0 Å². The molecule has 1 fully saturated rings. The van der Waals surface area contributed by atoms with Gasteiger partial charge in [-0.3, -0.25) is 4.79 Å². The Balaban J connectivity index is 1.86. The van der Waals surface area contributed by atoms with Crippen molar-refractivity contribution in [2.45, 2.75) is 33.1 Å². The minimum Gasteiger partial charge on any atom is -0.493 e. The fourth-order valence-corrected chi connectivity index (χ4v) is 3.32. The van der Waals surface area contributed by atoms with Crippen LogP contribution in [-0.2, 0) is 11.2 Å². The lowest BCUT2D eigenvalue weighted by Crippen LogP contribution is -2.20. The highest BCUT2D eigenvalue weighted by Crippen LogP contribution is 2.29. The molecule has 1 aliphatic rings. The van der Waals surface area contributed by atoms with Gasteiger partial charge in [-0.15, -0.1) is 0 Å². The van der Waals surface area contributed by atoms with Gasteiger partial charge < -0.3 is 14.1 Å². The molecule has 0 saturated carbocycles. The predicted molar refractivity (Wildman–Crippen MR) is 92.5 cm³/mol. The molecular weight excluding hydrogens is 306 g/mol. The molecule has 0 spiro atoms. The maximum absolute atomic E-state index is 11.8. The van der Waals surface area contributed by atoms with Gasteiger partial charge in [0.05, 0.1) is 6.61 Å². The van der Waals surface area contributed by atoms with Gasteiger partial charge in [-0.2, -0.15) is 0 Å². The van der Waals surface area contributed by atoms with Gasteiger partial charge in [0.25, 0.3) is 0 Å². The van der Waals surface area contributed by atoms with Crippen molar-refractivity contribution in [1.82, 2.24) is 4.90 Å². The Bertz CT molecular complexity index is 824. The molecule has 1 aromatic heterocycles. The lowest BCUT2D eigenvalue weighted by Gasteiger charge is -2.15. The Labute approximate surface area is 141 Å². The maximum atomic E-state index is 11.8. The van der Waals surface area contributed by atoms with Crippen LogP contribution in [0.5, 0.6) is 5.75 Å². The normalized spacial score (nSPS) is 17.7. The second-order valence-corrected chi connectivity index (χ2v) is 6.56. The van der Waals surface area contributed by atoms with E-state index < -0.39 is 0 Å². The summed E-state index contributed by atoms with van der Waals surface area (Å²) in [5, 5.41) is 0.970. The third-order valence-corrected chi connectivity index (χ3v) is 4.61. The largest absolute Gasteiger partial charge is 0.493 e. The van der Waals surface area contributed by atoms with E-state index in [-0.39, 0.29) is 17.5 Å². The number of amides is 1. The first kappa shape index (κ1) is 16.6. The van der Waals surface area contributed by atoms with Crippen molar-refractivity contribution in [3.63, 3.8) is 0 Å².